The zero-order valence-electron chi connectivity index (χ0n) is 39.0. The highest BCUT2D eigenvalue weighted by Gasteiger charge is 2.40. The Morgan fingerprint density at radius 3 is 1.16 bits per heavy atom. The lowest BCUT2D eigenvalue weighted by Gasteiger charge is -2.38. The third-order valence-corrected chi connectivity index (χ3v) is 11.5. The second-order valence-corrected chi connectivity index (χ2v) is 15.9. The van der Waals surface area contributed by atoms with Crippen molar-refractivity contribution >= 4 is 58.8 Å². The number of primary amides is 2. The van der Waals surface area contributed by atoms with Gasteiger partial charge in [-0.1, -0.05) is 36.4 Å². The van der Waals surface area contributed by atoms with E-state index in [0.717, 1.165) is 0 Å². The number of rotatable bonds is 18. The van der Waals surface area contributed by atoms with E-state index < -0.39 is 48.0 Å². The Kier molecular flexibility index (Phi) is 17.3. The van der Waals surface area contributed by atoms with Gasteiger partial charge in [0, 0.05) is 74.9 Å². The highest BCUT2D eigenvalue weighted by Crippen LogP contribution is 2.30. The van der Waals surface area contributed by atoms with Crippen LogP contribution in [0.3, 0.4) is 0 Å². The Balaban J connectivity index is 1.22. The Hall–Kier alpha value is -8.24. The molecule has 4 aromatic carbocycles. The highest BCUT2D eigenvalue weighted by atomic mass is 16.6. The van der Waals surface area contributed by atoms with E-state index in [2.05, 4.69) is 10.6 Å². The molecule has 2 aliphatic rings. The number of nitrogens with one attached hydrogen (secondary N) is 2. The molecule has 2 aliphatic heterocycles. The van der Waals surface area contributed by atoms with Crippen molar-refractivity contribution in [1.82, 2.24) is 19.6 Å². The van der Waals surface area contributed by atoms with Crippen LogP contribution in [-0.4, -0.2) is 160 Å². The van der Waals surface area contributed by atoms with Crippen LogP contribution in [0.25, 0.3) is 0 Å². The van der Waals surface area contributed by atoms with Crippen LogP contribution >= 0.6 is 0 Å². The number of hydrogen-bond donors (Lipinski definition) is 4. The molecule has 2 fully saturated rings. The molecular weight excluding hydrogens is 913 g/mol. The van der Waals surface area contributed by atoms with E-state index in [1.807, 2.05) is 0 Å². The molecule has 6 rings (SSSR count). The van der Waals surface area contributed by atoms with Crippen LogP contribution in [0.2, 0.25) is 0 Å². The zero-order chi connectivity index (χ0) is 50.5. The Morgan fingerprint density at radius 2 is 0.829 bits per heavy atom. The molecular formula is C48H54N8O14. The molecule has 2 atom stereocenters. The largest absolute Gasteiger partial charge is 0.493 e. The fourth-order valence-corrected chi connectivity index (χ4v) is 7.87. The van der Waals surface area contributed by atoms with Gasteiger partial charge in [0.25, 0.3) is 23.6 Å². The molecule has 70 heavy (non-hydrogen) atoms. The maximum absolute atomic E-state index is 14.2. The maximum Gasteiger partial charge on any atom is 0.419 e. The molecule has 0 saturated carbocycles. The summed E-state index contributed by atoms with van der Waals surface area (Å²) in [6, 6.07) is 22.0. The number of hydrogen-bond acceptors (Lipinski definition) is 16. The number of carbonyl (C=O) groups is 8. The van der Waals surface area contributed by atoms with Crippen LogP contribution in [0.15, 0.2) is 84.9 Å². The zero-order valence-corrected chi connectivity index (χ0v) is 39.0. The number of esters is 2. The number of anilines is 2. The SMILES string of the molecule is COc1ccc(C(=O)N2CCN(C(OC(=O)C(=O)OC(C(=O)Nc3ccccc3CC(N)=O)N3CCN(C(=O)c4ccc(OC)c(OC)c4)CC3)C(=O)Nc3ccccc3CC(N)=O)CC2)cc1OC. The molecule has 2 unspecified atom stereocenters. The molecule has 0 aliphatic carbocycles. The summed E-state index contributed by atoms with van der Waals surface area (Å²) in [5.74, 6) is -5.67. The average molecular weight is 967 g/mol. The first-order valence-electron chi connectivity index (χ1n) is 21.9. The van der Waals surface area contributed by atoms with Crippen molar-refractivity contribution in [2.24, 2.45) is 11.5 Å². The van der Waals surface area contributed by atoms with Gasteiger partial charge >= 0.3 is 11.9 Å². The van der Waals surface area contributed by atoms with E-state index in [4.69, 9.17) is 39.9 Å². The van der Waals surface area contributed by atoms with E-state index in [9.17, 15) is 38.4 Å². The van der Waals surface area contributed by atoms with Crippen molar-refractivity contribution in [2.75, 3.05) is 91.4 Å². The van der Waals surface area contributed by atoms with Gasteiger partial charge in [-0.15, -0.1) is 0 Å². The number of amides is 6. The minimum Gasteiger partial charge on any atom is -0.493 e. The number of ether oxygens (including phenoxy) is 6. The molecule has 4 aromatic rings. The molecule has 0 bridgehead atoms. The third-order valence-electron chi connectivity index (χ3n) is 11.5. The first-order chi connectivity index (χ1) is 33.6. The summed E-state index contributed by atoms with van der Waals surface area (Å²) >= 11 is 0. The van der Waals surface area contributed by atoms with Gasteiger partial charge < -0.3 is 60.3 Å². The summed E-state index contributed by atoms with van der Waals surface area (Å²) in [6.45, 7) is 0.117. The lowest BCUT2D eigenvalue weighted by Crippen LogP contribution is -2.58. The number of nitrogens with zero attached hydrogens (tertiary/aromatic N) is 4. The fourth-order valence-electron chi connectivity index (χ4n) is 7.87. The molecule has 0 radical (unpaired) electrons. The number of benzene rings is 4. The summed E-state index contributed by atoms with van der Waals surface area (Å²) in [5.41, 5.74) is 12.6. The third kappa shape index (κ3) is 12.6. The van der Waals surface area contributed by atoms with Crippen molar-refractivity contribution in [2.45, 2.75) is 25.3 Å². The van der Waals surface area contributed by atoms with Crippen molar-refractivity contribution in [1.29, 1.82) is 0 Å². The molecule has 0 aromatic heterocycles. The van der Waals surface area contributed by atoms with Gasteiger partial charge in [0.15, 0.2) is 23.0 Å². The average Bonchev–Trinajstić information content (AvgIpc) is 3.37. The predicted octanol–water partition coefficient (Wildman–Crippen LogP) is 1.01. The van der Waals surface area contributed by atoms with Gasteiger partial charge in [0.2, 0.25) is 24.3 Å². The van der Waals surface area contributed by atoms with Crippen LogP contribution in [-0.2, 0) is 51.1 Å². The maximum atomic E-state index is 14.2. The summed E-state index contributed by atoms with van der Waals surface area (Å²) in [6.07, 6.45) is -4.09. The quantitative estimate of drug-likeness (QED) is 0.0800. The first kappa shape index (κ1) is 51.2. The number of carbonyl (C=O) groups excluding carboxylic acids is 8. The van der Waals surface area contributed by atoms with Gasteiger partial charge in [-0.3, -0.25) is 38.6 Å². The first-order valence-corrected chi connectivity index (χ1v) is 21.9. The molecule has 22 nitrogen and oxygen atoms in total. The minimum atomic E-state index is -1.81. The lowest BCUT2D eigenvalue weighted by molar-refractivity contribution is -0.188. The summed E-state index contributed by atoms with van der Waals surface area (Å²) in [7, 11) is 5.82. The molecule has 6 N–H and O–H groups in total. The number of para-hydroxylation sites is 2. The van der Waals surface area contributed by atoms with Crippen LogP contribution < -0.4 is 41.0 Å². The van der Waals surface area contributed by atoms with E-state index in [-0.39, 0.29) is 88.4 Å². The predicted molar refractivity (Wildman–Crippen MR) is 250 cm³/mol. The molecule has 2 heterocycles. The van der Waals surface area contributed by atoms with Crippen molar-refractivity contribution in [3.05, 3.63) is 107 Å². The van der Waals surface area contributed by atoms with Crippen molar-refractivity contribution in [3.8, 4) is 23.0 Å². The highest BCUT2D eigenvalue weighted by molar-refractivity contribution is 6.30. The van der Waals surface area contributed by atoms with Crippen LogP contribution in [0.4, 0.5) is 11.4 Å². The normalized spacial score (nSPS) is 14.8. The second kappa shape index (κ2) is 23.7. The summed E-state index contributed by atoms with van der Waals surface area (Å²) in [5, 5.41) is 5.32. The Bertz CT molecular complexity index is 2430. The smallest absolute Gasteiger partial charge is 0.419 e. The minimum absolute atomic E-state index is 0.0234. The van der Waals surface area contributed by atoms with E-state index >= 15 is 0 Å². The standard InChI is InChI=1S/C48H54N8O14/c1-65-35-15-13-31(25-37(35)67-3)43(61)53-17-21-55(22-18-53)45(41(59)51-33-11-7-5-9-29(33)27-39(49)57)69-47(63)48(64)70-46(42(60)52-34-12-8-6-10-30(34)28-40(50)58)56-23-19-54(20-24-56)44(62)32-14-16-36(66-2)38(26-32)68-4/h5-16,25-26,45-46H,17-24,27-28H2,1-4H3,(H2,49,57)(H2,50,58)(H,51,59)(H,52,60). The monoisotopic (exact) mass is 966 g/mol. The number of methoxy groups -OCH3 is 4. The van der Waals surface area contributed by atoms with E-state index in [1.165, 1.54) is 72.3 Å². The van der Waals surface area contributed by atoms with Crippen LogP contribution in [0.5, 0.6) is 23.0 Å². The van der Waals surface area contributed by atoms with E-state index in [0.29, 0.717) is 45.3 Å². The molecule has 22 heteroatoms. The Labute approximate surface area is 402 Å². The van der Waals surface area contributed by atoms with Gasteiger partial charge in [-0.25, -0.2) is 9.59 Å². The van der Waals surface area contributed by atoms with Crippen molar-refractivity contribution < 1.29 is 66.8 Å². The summed E-state index contributed by atoms with van der Waals surface area (Å²) in [4.78, 5) is 113. The van der Waals surface area contributed by atoms with Gasteiger partial charge in [0.1, 0.15) is 0 Å². The summed E-state index contributed by atoms with van der Waals surface area (Å²) < 4.78 is 32.5. The van der Waals surface area contributed by atoms with Gasteiger partial charge in [0.05, 0.1) is 41.3 Å². The molecule has 2 saturated heterocycles. The topological polar surface area (TPSA) is 281 Å². The Morgan fingerprint density at radius 1 is 0.486 bits per heavy atom. The van der Waals surface area contributed by atoms with E-state index in [1.54, 1.807) is 60.7 Å². The molecule has 0 spiro atoms. The fraction of sp³-hybridized carbons (Fsp3) is 0.333. The van der Waals surface area contributed by atoms with Gasteiger partial charge in [-0.2, -0.15) is 0 Å². The number of piperazine rings is 2. The van der Waals surface area contributed by atoms with Crippen molar-refractivity contribution in [3.63, 3.8) is 0 Å². The second-order valence-electron chi connectivity index (χ2n) is 15.9. The van der Waals surface area contributed by atoms with Crippen LogP contribution in [0.1, 0.15) is 31.8 Å². The number of nitrogens with two attached hydrogens (primary N) is 2. The molecule has 370 valence electrons. The van der Waals surface area contributed by atoms with Crippen LogP contribution in [0, 0.1) is 0 Å². The van der Waals surface area contributed by atoms with Gasteiger partial charge in [-0.05, 0) is 59.7 Å². The lowest BCUT2D eigenvalue weighted by atomic mass is 10.1. The molecule has 6 amide bonds.